The molecule has 2 unspecified atom stereocenters. The largest absolute Gasteiger partial charge is 0.374 e. The van der Waals surface area contributed by atoms with Crippen molar-refractivity contribution in [1.29, 1.82) is 0 Å². The highest BCUT2D eigenvalue weighted by Gasteiger charge is 2.34. The smallest absolute Gasteiger partial charge is 0.124 e. The predicted molar refractivity (Wildman–Crippen MR) is 74.0 cm³/mol. The zero-order valence-electron chi connectivity index (χ0n) is 10.6. The van der Waals surface area contributed by atoms with Crippen molar-refractivity contribution in [2.24, 2.45) is 5.73 Å². The second-order valence-electron chi connectivity index (χ2n) is 5.16. The van der Waals surface area contributed by atoms with Gasteiger partial charge in [0.1, 0.15) is 5.82 Å². The van der Waals surface area contributed by atoms with E-state index in [0.717, 1.165) is 35.9 Å². The summed E-state index contributed by atoms with van der Waals surface area (Å²) < 4.78 is 19.7. The molecule has 18 heavy (non-hydrogen) atoms. The molecule has 2 atom stereocenters. The molecule has 0 bridgehead atoms. The van der Waals surface area contributed by atoms with Crippen LogP contribution >= 0.6 is 15.9 Å². The van der Waals surface area contributed by atoms with E-state index in [1.807, 2.05) is 0 Å². The molecule has 1 saturated heterocycles. The Hall–Kier alpha value is -0.450. The van der Waals surface area contributed by atoms with E-state index in [9.17, 15) is 4.39 Å². The maximum atomic E-state index is 13.0. The van der Waals surface area contributed by atoms with Crippen LogP contribution in [-0.2, 0) is 11.2 Å². The molecule has 1 aliphatic rings. The normalized spacial score (nSPS) is 26.0. The summed E-state index contributed by atoms with van der Waals surface area (Å²) in [6, 6.07) is 4.66. The summed E-state index contributed by atoms with van der Waals surface area (Å²) in [5.74, 6) is -0.237. The zero-order valence-corrected chi connectivity index (χ0v) is 12.2. The van der Waals surface area contributed by atoms with Crippen LogP contribution in [0, 0.1) is 5.82 Å². The minimum atomic E-state index is -0.258. The second kappa shape index (κ2) is 5.68. The molecule has 0 aromatic heterocycles. The first-order chi connectivity index (χ1) is 8.51. The van der Waals surface area contributed by atoms with Gasteiger partial charge in [0.25, 0.3) is 0 Å². The monoisotopic (exact) mass is 315 g/mol. The molecule has 1 fully saturated rings. The molecule has 1 heterocycles. The van der Waals surface area contributed by atoms with Crippen molar-refractivity contribution in [2.45, 2.75) is 44.2 Å². The summed E-state index contributed by atoms with van der Waals surface area (Å²) in [5, 5.41) is 0. The van der Waals surface area contributed by atoms with Gasteiger partial charge in [-0.2, -0.15) is 0 Å². The molecule has 2 nitrogen and oxygen atoms in total. The molecule has 4 heteroatoms. The minimum Gasteiger partial charge on any atom is -0.374 e. The fourth-order valence-corrected chi connectivity index (χ4v) is 2.90. The van der Waals surface area contributed by atoms with E-state index in [-0.39, 0.29) is 17.5 Å². The first-order valence-electron chi connectivity index (χ1n) is 6.35. The number of benzene rings is 1. The molecule has 2 rings (SSSR count). The summed E-state index contributed by atoms with van der Waals surface area (Å²) in [7, 11) is 0. The molecular formula is C14H19BrFNO. The van der Waals surface area contributed by atoms with Gasteiger partial charge in [-0.15, -0.1) is 0 Å². The molecule has 0 aliphatic carbocycles. The van der Waals surface area contributed by atoms with Gasteiger partial charge < -0.3 is 10.5 Å². The molecule has 2 N–H and O–H groups in total. The van der Waals surface area contributed by atoms with Gasteiger partial charge >= 0.3 is 0 Å². The fourth-order valence-electron chi connectivity index (χ4n) is 2.39. The summed E-state index contributed by atoms with van der Waals surface area (Å²) in [6.07, 6.45) is 3.96. The Morgan fingerprint density at radius 1 is 1.50 bits per heavy atom. The van der Waals surface area contributed by atoms with Crippen LogP contribution in [0.2, 0.25) is 0 Å². The van der Waals surface area contributed by atoms with E-state index < -0.39 is 0 Å². The van der Waals surface area contributed by atoms with Crippen LogP contribution in [0.15, 0.2) is 22.7 Å². The van der Waals surface area contributed by atoms with Gasteiger partial charge in [0.05, 0.1) is 5.60 Å². The molecule has 100 valence electrons. The van der Waals surface area contributed by atoms with Crippen LogP contribution in [0.25, 0.3) is 0 Å². The minimum absolute atomic E-state index is 0.0699. The lowest BCUT2D eigenvalue weighted by Crippen LogP contribution is -2.50. The second-order valence-corrected chi connectivity index (χ2v) is 6.02. The fraction of sp³-hybridized carbons (Fsp3) is 0.571. The SMILES string of the molecule is CC1(C(N)Cc2ccc(F)cc2Br)CCCCO1. The third-order valence-electron chi connectivity index (χ3n) is 3.74. The van der Waals surface area contributed by atoms with Crippen molar-refractivity contribution < 1.29 is 9.13 Å². The molecule has 1 aromatic rings. The summed E-state index contributed by atoms with van der Waals surface area (Å²) >= 11 is 3.38. The number of nitrogens with two attached hydrogens (primary N) is 1. The summed E-state index contributed by atoms with van der Waals surface area (Å²) in [6.45, 7) is 2.86. The molecule has 1 aromatic carbocycles. The Labute approximate surface area is 116 Å². The van der Waals surface area contributed by atoms with Crippen molar-refractivity contribution >= 4 is 15.9 Å². The highest BCUT2D eigenvalue weighted by molar-refractivity contribution is 9.10. The molecule has 0 spiro atoms. The Balaban J connectivity index is 2.08. The average Bonchev–Trinajstić information content (AvgIpc) is 2.33. The van der Waals surface area contributed by atoms with Crippen LogP contribution in [-0.4, -0.2) is 18.2 Å². The molecule has 0 amide bonds. The lowest BCUT2D eigenvalue weighted by atomic mass is 9.85. The van der Waals surface area contributed by atoms with Crippen LogP contribution in [0.1, 0.15) is 31.7 Å². The number of hydrogen-bond donors (Lipinski definition) is 1. The molecular weight excluding hydrogens is 297 g/mol. The van der Waals surface area contributed by atoms with Crippen molar-refractivity contribution in [3.8, 4) is 0 Å². The quantitative estimate of drug-likeness (QED) is 0.927. The Morgan fingerprint density at radius 2 is 2.28 bits per heavy atom. The predicted octanol–water partition coefficient (Wildman–Crippen LogP) is 3.42. The first kappa shape index (κ1) is 14.0. The van der Waals surface area contributed by atoms with Crippen molar-refractivity contribution in [3.05, 3.63) is 34.1 Å². The number of hydrogen-bond acceptors (Lipinski definition) is 2. The maximum Gasteiger partial charge on any atom is 0.124 e. The number of rotatable bonds is 3. The van der Waals surface area contributed by atoms with Gasteiger partial charge in [0.2, 0.25) is 0 Å². The standard InChI is InChI=1S/C14H19BrFNO/c1-14(6-2-3-7-18-14)13(17)8-10-4-5-11(16)9-12(10)15/h4-5,9,13H,2-3,6-8,17H2,1H3. The van der Waals surface area contributed by atoms with Crippen molar-refractivity contribution in [2.75, 3.05) is 6.61 Å². The van der Waals surface area contributed by atoms with E-state index in [2.05, 4.69) is 22.9 Å². The lowest BCUT2D eigenvalue weighted by Gasteiger charge is -2.39. The molecule has 0 radical (unpaired) electrons. The Morgan fingerprint density at radius 3 is 2.89 bits per heavy atom. The van der Waals surface area contributed by atoms with Gasteiger partial charge in [0, 0.05) is 17.1 Å². The van der Waals surface area contributed by atoms with E-state index in [1.54, 1.807) is 6.07 Å². The van der Waals surface area contributed by atoms with E-state index in [0.29, 0.717) is 6.42 Å². The highest BCUT2D eigenvalue weighted by atomic mass is 79.9. The third-order valence-corrected chi connectivity index (χ3v) is 4.48. The average molecular weight is 316 g/mol. The van der Waals surface area contributed by atoms with Crippen LogP contribution < -0.4 is 5.73 Å². The van der Waals surface area contributed by atoms with Gasteiger partial charge in [0.15, 0.2) is 0 Å². The van der Waals surface area contributed by atoms with Gasteiger partial charge in [-0.1, -0.05) is 22.0 Å². The van der Waals surface area contributed by atoms with Crippen molar-refractivity contribution in [1.82, 2.24) is 0 Å². The van der Waals surface area contributed by atoms with Gasteiger partial charge in [-0.05, 0) is 50.3 Å². The lowest BCUT2D eigenvalue weighted by molar-refractivity contribution is -0.0808. The van der Waals surface area contributed by atoms with Crippen LogP contribution in [0.3, 0.4) is 0 Å². The van der Waals surface area contributed by atoms with E-state index in [1.165, 1.54) is 12.1 Å². The number of ether oxygens (including phenoxy) is 1. The first-order valence-corrected chi connectivity index (χ1v) is 7.14. The summed E-state index contributed by atoms with van der Waals surface area (Å²) in [5.41, 5.74) is 7.05. The highest BCUT2D eigenvalue weighted by Crippen LogP contribution is 2.30. The number of halogens is 2. The molecule has 0 saturated carbocycles. The van der Waals surface area contributed by atoms with Crippen molar-refractivity contribution in [3.63, 3.8) is 0 Å². The van der Waals surface area contributed by atoms with Gasteiger partial charge in [-0.3, -0.25) is 0 Å². The zero-order chi connectivity index (χ0) is 13.2. The van der Waals surface area contributed by atoms with Crippen LogP contribution in [0.4, 0.5) is 4.39 Å². The van der Waals surface area contributed by atoms with Crippen LogP contribution in [0.5, 0.6) is 0 Å². The van der Waals surface area contributed by atoms with E-state index in [4.69, 9.17) is 10.5 Å². The Kier molecular flexibility index (Phi) is 4.41. The maximum absolute atomic E-state index is 13.0. The molecule has 1 aliphatic heterocycles. The summed E-state index contributed by atoms with van der Waals surface area (Å²) in [4.78, 5) is 0. The topological polar surface area (TPSA) is 35.2 Å². The Bertz CT molecular complexity index is 418. The van der Waals surface area contributed by atoms with E-state index >= 15 is 0 Å². The third kappa shape index (κ3) is 3.11. The van der Waals surface area contributed by atoms with Gasteiger partial charge in [-0.25, -0.2) is 4.39 Å².